The lowest BCUT2D eigenvalue weighted by Crippen LogP contribution is -2.54. The Morgan fingerprint density at radius 2 is 1.85 bits per heavy atom. The van der Waals surface area contributed by atoms with Gasteiger partial charge in [0.25, 0.3) is 0 Å². The number of amides is 2. The highest BCUT2D eigenvalue weighted by Crippen LogP contribution is 2.68. The molecular weight excluding hydrogens is 410 g/mol. The average Bonchev–Trinajstić information content (AvgIpc) is 3.31. The first-order chi connectivity index (χ1) is 15.8. The molecule has 0 aromatic heterocycles. The van der Waals surface area contributed by atoms with E-state index < -0.39 is 0 Å². The molecule has 3 saturated carbocycles. The van der Waals surface area contributed by atoms with Gasteiger partial charge in [-0.05, 0) is 99.8 Å². The van der Waals surface area contributed by atoms with Gasteiger partial charge in [0.2, 0.25) is 0 Å². The van der Waals surface area contributed by atoms with Crippen LogP contribution in [0.5, 0.6) is 0 Å². The van der Waals surface area contributed by atoms with Crippen LogP contribution in [0.3, 0.4) is 0 Å². The molecule has 4 aliphatic carbocycles. The van der Waals surface area contributed by atoms with E-state index in [4.69, 9.17) is 4.74 Å². The monoisotopic (exact) mass is 455 g/mol. The zero-order valence-electron chi connectivity index (χ0n) is 21.4. The number of carbonyl (C=O) groups excluding carboxylic acids is 1. The van der Waals surface area contributed by atoms with E-state index in [9.17, 15) is 4.79 Å². The molecule has 33 heavy (non-hydrogen) atoms. The standard InChI is InChI=1S/C28H45N3O2/c1-19-23-7-8-25-22-6-5-20-17-21(30(4)26(32)31-13-15-33-16-14-31)9-11-27(20,2)24(22)10-12-28(23,25)18-29(19)3/h5,19,21-25H,6-18H2,1-4H3/t19-,21-,22+,23+,24?,25-,27-,28-/m0/s1. The van der Waals surface area contributed by atoms with Crippen molar-refractivity contribution in [3.8, 4) is 0 Å². The summed E-state index contributed by atoms with van der Waals surface area (Å²) in [7, 11) is 4.41. The molecule has 0 N–H and O–H groups in total. The summed E-state index contributed by atoms with van der Waals surface area (Å²) >= 11 is 0. The largest absolute Gasteiger partial charge is 0.378 e. The minimum Gasteiger partial charge on any atom is -0.378 e. The Kier molecular flexibility index (Phi) is 5.42. The van der Waals surface area contributed by atoms with Gasteiger partial charge in [0.05, 0.1) is 13.2 Å². The van der Waals surface area contributed by atoms with Crippen molar-refractivity contribution in [2.75, 3.05) is 46.9 Å². The number of nitrogens with zero attached hydrogens (tertiary/aromatic N) is 3. The van der Waals surface area contributed by atoms with Crippen molar-refractivity contribution in [2.45, 2.75) is 77.3 Å². The SMILES string of the molecule is C[C@H]1[C@H]2CC[C@H]3[C@@H]4CC=C5C[C@@H](N(C)C(=O)N6CCOCC6)CC[C@]5(C)C4CC[C@]23CN1C. The fraction of sp³-hybridized carbons (Fsp3) is 0.893. The quantitative estimate of drug-likeness (QED) is 0.541. The Labute approximate surface area is 200 Å². The van der Waals surface area contributed by atoms with Crippen LogP contribution in [0, 0.1) is 34.5 Å². The first-order valence-corrected chi connectivity index (χ1v) is 13.8. The molecule has 2 heterocycles. The lowest BCUT2D eigenvalue weighted by atomic mass is 9.47. The number of fused-ring (bicyclic) bond motifs is 4. The van der Waals surface area contributed by atoms with Crippen LogP contribution < -0.4 is 0 Å². The molecule has 6 rings (SSSR count). The molecule has 2 amide bonds. The normalized spacial score (nSPS) is 47.3. The summed E-state index contributed by atoms with van der Waals surface area (Å²) in [6, 6.07) is 1.33. The van der Waals surface area contributed by atoms with E-state index in [-0.39, 0.29) is 6.03 Å². The van der Waals surface area contributed by atoms with Crippen LogP contribution in [0.15, 0.2) is 11.6 Å². The molecule has 1 unspecified atom stereocenters. The Hall–Kier alpha value is -1.07. The molecule has 184 valence electrons. The van der Waals surface area contributed by atoms with E-state index in [2.05, 4.69) is 36.8 Å². The summed E-state index contributed by atoms with van der Waals surface area (Å²) in [5.41, 5.74) is 2.65. The number of hydrogen-bond acceptors (Lipinski definition) is 3. The Bertz CT molecular complexity index is 822. The minimum atomic E-state index is 0.206. The van der Waals surface area contributed by atoms with Crippen molar-refractivity contribution in [3.05, 3.63) is 11.6 Å². The lowest BCUT2D eigenvalue weighted by molar-refractivity contribution is -0.0432. The van der Waals surface area contributed by atoms with E-state index in [1.807, 2.05) is 11.9 Å². The maximum absolute atomic E-state index is 13.1. The fourth-order valence-corrected chi connectivity index (χ4v) is 9.91. The third-order valence-corrected chi connectivity index (χ3v) is 11.8. The summed E-state index contributed by atoms with van der Waals surface area (Å²) in [5.74, 6) is 3.61. The molecule has 0 aromatic rings. The third kappa shape index (κ3) is 3.20. The Balaban J connectivity index is 1.19. The molecule has 2 saturated heterocycles. The van der Waals surface area contributed by atoms with Crippen LogP contribution in [-0.4, -0.2) is 79.8 Å². The molecule has 0 radical (unpaired) electrons. The summed E-state index contributed by atoms with van der Waals surface area (Å²) in [6.45, 7) is 9.25. The number of rotatable bonds is 1. The van der Waals surface area contributed by atoms with Gasteiger partial charge in [0.15, 0.2) is 0 Å². The van der Waals surface area contributed by atoms with Gasteiger partial charge < -0.3 is 19.4 Å². The molecule has 1 spiro atoms. The van der Waals surface area contributed by atoms with Gasteiger partial charge in [0, 0.05) is 38.8 Å². The highest BCUT2D eigenvalue weighted by Gasteiger charge is 2.64. The molecule has 0 bridgehead atoms. The molecule has 8 atom stereocenters. The smallest absolute Gasteiger partial charge is 0.320 e. The number of morpholine rings is 1. The maximum atomic E-state index is 13.1. The van der Waals surface area contributed by atoms with Gasteiger partial charge >= 0.3 is 6.03 Å². The Morgan fingerprint density at radius 1 is 1.09 bits per heavy atom. The van der Waals surface area contributed by atoms with Gasteiger partial charge in [-0.1, -0.05) is 18.6 Å². The first kappa shape index (κ1) is 22.4. The Morgan fingerprint density at radius 3 is 2.64 bits per heavy atom. The van der Waals surface area contributed by atoms with Crippen LogP contribution in [0.1, 0.15) is 65.2 Å². The molecule has 5 fully saturated rings. The predicted molar refractivity (Wildman–Crippen MR) is 131 cm³/mol. The van der Waals surface area contributed by atoms with E-state index in [1.165, 1.54) is 45.1 Å². The molecular formula is C28H45N3O2. The van der Waals surface area contributed by atoms with Crippen LogP contribution in [0.4, 0.5) is 4.79 Å². The summed E-state index contributed by atoms with van der Waals surface area (Å²) < 4.78 is 5.45. The number of likely N-dealkylation sites (tertiary alicyclic amines) is 1. The zero-order chi connectivity index (χ0) is 23.0. The topological polar surface area (TPSA) is 36.0 Å². The lowest BCUT2D eigenvalue weighted by Gasteiger charge is -2.58. The van der Waals surface area contributed by atoms with Crippen LogP contribution >= 0.6 is 0 Å². The second kappa shape index (κ2) is 7.98. The second-order valence-electron chi connectivity index (χ2n) is 12.8. The van der Waals surface area contributed by atoms with Gasteiger partial charge in [-0.2, -0.15) is 0 Å². The van der Waals surface area contributed by atoms with E-state index >= 15 is 0 Å². The van der Waals surface area contributed by atoms with Crippen molar-refractivity contribution in [1.82, 2.24) is 14.7 Å². The van der Waals surface area contributed by atoms with Gasteiger partial charge in [-0.3, -0.25) is 0 Å². The predicted octanol–water partition coefficient (Wildman–Crippen LogP) is 4.63. The maximum Gasteiger partial charge on any atom is 0.320 e. The van der Waals surface area contributed by atoms with Crippen LogP contribution in [-0.2, 0) is 4.74 Å². The zero-order valence-corrected chi connectivity index (χ0v) is 21.4. The van der Waals surface area contributed by atoms with Crippen molar-refractivity contribution in [3.63, 3.8) is 0 Å². The van der Waals surface area contributed by atoms with Gasteiger partial charge in [-0.25, -0.2) is 4.79 Å². The molecule has 5 heteroatoms. The van der Waals surface area contributed by atoms with E-state index in [1.54, 1.807) is 5.57 Å². The van der Waals surface area contributed by atoms with Crippen molar-refractivity contribution in [1.29, 1.82) is 0 Å². The van der Waals surface area contributed by atoms with E-state index in [0.717, 1.165) is 55.6 Å². The van der Waals surface area contributed by atoms with Gasteiger partial charge in [0.1, 0.15) is 0 Å². The molecule has 5 nitrogen and oxygen atoms in total. The molecule has 0 aromatic carbocycles. The summed E-state index contributed by atoms with van der Waals surface area (Å²) in [6.07, 6.45) is 13.3. The van der Waals surface area contributed by atoms with E-state index in [0.29, 0.717) is 30.1 Å². The number of allylic oxidation sites excluding steroid dienone is 1. The number of ether oxygens (including phenoxy) is 1. The highest BCUT2D eigenvalue weighted by atomic mass is 16.5. The minimum absolute atomic E-state index is 0.206. The van der Waals surface area contributed by atoms with Crippen LogP contribution in [0.2, 0.25) is 0 Å². The number of hydrogen-bond donors (Lipinski definition) is 0. The second-order valence-corrected chi connectivity index (χ2v) is 12.8. The fourth-order valence-electron chi connectivity index (χ4n) is 9.91. The van der Waals surface area contributed by atoms with Gasteiger partial charge in [-0.15, -0.1) is 0 Å². The van der Waals surface area contributed by atoms with Crippen LogP contribution in [0.25, 0.3) is 0 Å². The summed E-state index contributed by atoms with van der Waals surface area (Å²) in [4.78, 5) is 19.8. The first-order valence-electron chi connectivity index (χ1n) is 13.8. The van der Waals surface area contributed by atoms with Crippen molar-refractivity contribution < 1.29 is 9.53 Å². The van der Waals surface area contributed by atoms with Crippen molar-refractivity contribution in [2.24, 2.45) is 34.5 Å². The third-order valence-electron chi connectivity index (χ3n) is 11.8. The number of carbonyl (C=O) groups is 1. The molecule has 6 aliphatic rings. The number of urea groups is 1. The highest BCUT2D eigenvalue weighted by molar-refractivity contribution is 5.74. The summed E-state index contributed by atoms with van der Waals surface area (Å²) in [5, 5.41) is 0. The average molecular weight is 456 g/mol. The van der Waals surface area contributed by atoms with Crippen molar-refractivity contribution >= 4 is 6.03 Å². The molecule has 2 aliphatic heterocycles.